The van der Waals surface area contributed by atoms with Crippen LogP contribution in [-0.4, -0.2) is 40.0 Å². The summed E-state index contributed by atoms with van der Waals surface area (Å²) in [5, 5.41) is 16.0. The molecule has 0 fully saturated rings. The number of nitrogens with one attached hydrogen (secondary N) is 1. The average molecular weight is 389 g/mol. The molecule has 8 heteroatoms. The number of aromatic nitrogens is 2. The van der Waals surface area contributed by atoms with Crippen molar-refractivity contribution in [1.82, 2.24) is 15.1 Å². The second-order valence-electron chi connectivity index (χ2n) is 7.50. The van der Waals surface area contributed by atoms with E-state index in [1.807, 2.05) is 34.0 Å². The first-order valence-electron chi connectivity index (χ1n) is 9.02. The summed E-state index contributed by atoms with van der Waals surface area (Å²) in [5.74, 6) is -0.756. The quantitative estimate of drug-likeness (QED) is 0.720. The van der Waals surface area contributed by atoms with Crippen LogP contribution in [0.1, 0.15) is 49.7 Å². The summed E-state index contributed by atoms with van der Waals surface area (Å²) in [7, 11) is 1.83. The van der Waals surface area contributed by atoms with Gasteiger partial charge < -0.3 is 19.9 Å². The van der Waals surface area contributed by atoms with E-state index in [1.54, 1.807) is 36.0 Å². The zero-order chi connectivity index (χ0) is 20.9. The summed E-state index contributed by atoms with van der Waals surface area (Å²) in [6.45, 7) is 7.79. The second-order valence-corrected chi connectivity index (χ2v) is 7.50. The Bertz CT molecular complexity index is 839. The lowest BCUT2D eigenvalue weighted by atomic mass is 9.83. The fourth-order valence-electron chi connectivity index (χ4n) is 2.78. The average Bonchev–Trinajstić information content (AvgIpc) is 3.03. The first-order chi connectivity index (χ1) is 13.1. The fraction of sp³-hybridized carbons (Fsp3) is 0.450. The van der Waals surface area contributed by atoms with Gasteiger partial charge in [-0.2, -0.15) is 5.10 Å². The summed E-state index contributed by atoms with van der Waals surface area (Å²) in [4.78, 5) is 23.6. The number of amides is 1. The lowest BCUT2D eigenvalue weighted by Gasteiger charge is -2.31. The minimum Gasteiger partial charge on any atom is -0.490 e. The first-order valence-corrected chi connectivity index (χ1v) is 9.02. The Labute approximate surface area is 164 Å². The summed E-state index contributed by atoms with van der Waals surface area (Å²) >= 11 is 0. The molecule has 1 amide bonds. The Balaban J connectivity index is 2.26. The molecule has 1 heterocycles. The molecule has 0 bridgehead atoms. The molecule has 2 N–H and O–H groups in total. The number of carboxylic acid groups (broad SMARTS) is 1. The zero-order valence-corrected chi connectivity index (χ0v) is 16.9. The highest BCUT2D eigenvalue weighted by Gasteiger charge is 2.29. The maximum absolute atomic E-state index is 12.9. The SMILES string of the molecule is CCOc1cc(C(=O)NC(c2cnn(C)c2)C(C)(C)C)ccc1OCC(=O)O. The molecule has 1 atom stereocenters. The van der Waals surface area contributed by atoms with Crippen molar-refractivity contribution in [2.45, 2.75) is 33.7 Å². The smallest absolute Gasteiger partial charge is 0.341 e. The van der Waals surface area contributed by atoms with Crippen molar-refractivity contribution in [3.63, 3.8) is 0 Å². The number of carbonyl (C=O) groups excluding carboxylic acids is 1. The van der Waals surface area contributed by atoms with Gasteiger partial charge in [-0.1, -0.05) is 20.8 Å². The molecule has 28 heavy (non-hydrogen) atoms. The van der Waals surface area contributed by atoms with Gasteiger partial charge in [0, 0.05) is 24.4 Å². The van der Waals surface area contributed by atoms with Gasteiger partial charge in [0.05, 0.1) is 18.8 Å². The van der Waals surface area contributed by atoms with Gasteiger partial charge in [-0.25, -0.2) is 4.79 Å². The normalized spacial score (nSPS) is 12.3. The van der Waals surface area contributed by atoms with Crippen LogP contribution in [0.4, 0.5) is 0 Å². The maximum atomic E-state index is 12.9. The van der Waals surface area contributed by atoms with E-state index in [0.717, 1.165) is 5.56 Å². The van der Waals surface area contributed by atoms with E-state index in [-0.39, 0.29) is 23.1 Å². The molecule has 0 aliphatic heterocycles. The lowest BCUT2D eigenvalue weighted by molar-refractivity contribution is -0.139. The molecule has 1 aromatic carbocycles. The number of rotatable bonds is 8. The number of hydrogen-bond acceptors (Lipinski definition) is 5. The minimum absolute atomic E-state index is 0.230. The van der Waals surface area contributed by atoms with Crippen molar-refractivity contribution in [2.75, 3.05) is 13.2 Å². The number of nitrogens with zero attached hydrogens (tertiary/aromatic N) is 2. The van der Waals surface area contributed by atoms with Gasteiger partial charge in [0.25, 0.3) is 5.91 Å². The summed E-state index contributed by atoms with van der Waals surface area (Å²) in [6.07, 6.45) is 3.62. The van der Waals surface area contributed by atoms with Crippen LogP contribution in [0.25, 0.3) is 0 Å². The molecule has 2 rings (SSSR count). The van der Waals surface area contributed by atoms with Crippen molar-refractivity contribution in [1.29, 1.82) is 0 Å². The van der Waals surface area contributed by atoms with E-state index >= 15 is 0 Å². The van der Waals surface area contributed by atoms with Crippen LogP contribution in [0.5, 0.6) is 11.5 Å². The van der Waals surface area contributed by atoms with Gasteiger partial charge in [-0.05, 0) is 30.5 Å². The highest BCUT2D eigenvalue weighted by atomic mass is 16.5. The zero-order valence-electron chi connectivity index (χ0n) is 16.9. The fourth-order valence-corrected chi connectivity index (χ4v) is 2.78. The molecule has 8 nitrogen and oxygen atoms in total. The third kappa shape index (κ3) is 5.48. The Morgan fingerprint density at radius 1 is 1.25 bits per heavy atom. The van der Waals surface area contributed by atoms with Crippen LogP contribution in [0.15, 0.2) is 30.6 Å². The number of hydrogen-bond donors (Lipinski definition) is 2. The lowest BCUT2D eigenvalue weighted by Crippen LogP contribution is -2.36. The van der Waals surface area contributed by atoms with Gasteiger partial charge in [0.2, 0.25) is 0 Å². The Hall–Kier alpha value is -3.03. The van der Waals surface area contributed by atoms with Gasteiger partial charge in [0.1, 0.15) is 0 Å². The van der Waals surface area contributed by atoms with Crippen LogP contribution < -0.4 is 14.8 Å². The van der Waals surface area contributed by atoms with Crippen LogP contribution in [-0.2, 0) is 11.8 Å². The Morgan fingerprint density at radius 3 is 2.50 bits per heavy atom. The molecule has 0 radical (unpaired) electrons. The van der Waals surface area contributed by atoms with Crippen molar-refractivity contribution in [3.05, 3.63) is 41.7 Å². The van der Waals surface area contributed by atoms with Gasteiger partial charge in [-0.15, -0.1) is 0 Å². The first kappa shape index (κ1) is 21.3. The van der Waals surface area contributed by atoms with E-state index in [0.29, 0.717) is 17.9 Å². The van der Waals surface area contributed by atoms with Crippen molar-refractivity contribution < 1.29 is 24.2 Å². The summed E-state index contributed by atoms with van der Waals surface area (Å²) in [5.41, 5.74) is 1.07. The third-order valence-corrected chi connectivity index (χ3v) is 4.06. The number of aliphatic carboxylic acids is 1. The van der Waals surface area contributed by atoms with Crippen LogP contribution in [0.3, 0.4) is 0 Å². The van der Waals surface area contributed by atoms with Gasteiger partial charge >= 0.3 is 5.97 Å². The number of ether oxygens (including phenoxy) is 2. The number of benzene rings is 1. The standard InChI is InChI=1S/C20H27N3O5/c1-6-27-16-9-13(7-8-15(16)28-12-17(24)25)19(26)22-18(20(2,3)4)14-10-21-23(5)11-14/h7-11,18H,6,12H2,1-5H3,(H,22,26)(H,24,25). The largest absolute Gasteiger partial charge is 0.490 e. The molecule has 0 spiro atoms. The number of carboxylic acids is 1. The summed E-state index contributed by atoms with van der Waals surface area (Å²) in [6, 6.07) is 4.43. The molecular formula is C20H27N3O5. The Morgan fingerprint density at radius 2 is 1.96 bits per heavy atom. The number of aryl methyl sites for hydroxylation is 1. The molecule has 0 saturated carbocycles. The maximum Gasteiger partial charge on any atom is 0.341 e. The van der Waals surface area contributed by atoms with E-state index in [1.165, 1.54) is 0 Å². The van der Waals surface area contributed by atoms with E-state index < -0.39 is 12.6 Å². The predicted molar refractivity (Wildman–Crippen MR) is 104 cm³/mol. The monoisotopic (exact) mass is 389 g/mol. The minimum atomic E-state index is -1.09. The van der Waals surface area contributed by atoms with Crippen molar-refractivity contribution >= 4 is 11.9 Å². The van der Waals surface area contributed by atoms with Crippen LogP contribution in [0.2, 0.25) is 0 Å². The molecular weight excluding hydrogens is 362 g/mol. The van der Waals surface area contributed by atoms with Crippen LogP contribution in [0, 0.1) is 5.41 Å². The van der Waals surface area contributed by atoms with Gasteiger partial charge in [0.15, 0.2) is 18.1 Å². The molecule has 0 saturated heterocycles. The highest BCUT2D eigenvalue weighted by molar-refractivity contribution is 5.95. The van der Waals surface area contributed by atoms with Gasteiger partial charge in [-0.3, -0.25) is 9.48 Å². The van der Waals surface area contributed by atoms with Crippen molar-refractivity contribution in [3.8, 4) is 11.5 Å². The molecule has 2 aromatic rings. The molecule has 152 valence electrons. The molecule has 0 aliphatic carbocycles. The summed E-state index contributed by atoms with van der Waals surface area (Å²) < 4.78 is 12.4. The Kier molecular flexibility index (Phi) is 6.66. The molecule has 1 aromatic heterocycles. The molecule has 0 aliphatic rings. The molecule has 1 unspecified atom stereocenters. The van der Waals surface area contributed by atoms with E-state index in [9.17, 15) is 9.59 Å². The predicted octanol–water partition coefficient (Wildman–Crippen LogP) is 2.80. The second kappa shape index (κ2) is 8.77. The number of carbonyl (C=O) groups is 2. The topological polar surface area (TPSA) is 103 Å². The van der Waals surface area contributed by atoms with E-state index in [4.69, 9.17) is 14.6 Å². The van der Waals surface area contributed by atoms with Crippen molar-refractivity contribution in [2.24, 2.45) is 12.5 Å². The van der Waals surface area contributed by atoms with Crippen LogP contribution >= 0.6 is 0 Å². The third-order valence-electron chi connectivity index (χ3n) is 4.06. The highest BCUT2D eigenvalue weighted by Crippen LogP contribution is 2.33. The van der Waals surface area contributed by atoms with E-state index in [2.05, 4.69) is 10.4 Å².